The van der Waals surface area contributed by atoms with Gasteiger partial charge in [-0.2, -0.15) is 0 Å². The smallest absolute Gasteiger partial charge is 0.335 e. The number of carboxylic acids is 1. The average molecular weight is 290 g/mol. The van der Waals surface area contributed by atoms with Gasteiger partial charge in [0.15, 0.2) is 0 Å². The molecule has 21 heavy (non-hydrogen) atoms. The van der Waals surface area contributed by atoms with Gasteiger partial charge in [-0.05, 0) is 31.2 Å². The predicted octanol–water partition coefficient (Wildman–Crippen LogP) is 0.888. The van der Waals surface area contributed by atoms with E-state index >= 15 is 0 Å². The van der Waals surface area contributed by atoms with E-state index < -0.39 is 11.9 Å². The van der Waals surface area contributed by atoms with Crippen LogP contribution in [0.1, 0.15) is 21.6 Å². The fourth-order valence-electron chi connectivity index (χ4n) is 1.94. The summed E-state index contributed by atoms with van der Waals surface area (Å²) < 4.78 is 5.82. The van der Waals surface area contributed by atoms with Crippen molar-refractivity contribution in [1.82, 2.24) is 9.78 Å². The number of methoxy groups -OCH3 is 1. The maximum atomic E-state index is 12.3. The first-order valence-corrected chi connectivity index (χ1v) is 6.15. The molecule has 0 aliphatic carbocycles. The Hall–Kier alpha value is -2.83. The molecule has 7 heteroatoms. The van der Waals surface area contributed by atoms with Crippen LogP contribution < -0.4 is 5.56 Å². The number of aryl methyl sites for hydroxylation is 1. The third-order valence-electron chi connectivity index (χ3n) is 3.11. The van der Waals surface area contributed by atoms with Gasteiger partial charge in [-0.3, -0.25) is 14.7 Å². The molecule has 0 fully saturated rings. The van der Waals surface area contributed by atoms with Gasteiger partial charge in [0.25, 0.3) is 5.56 Å². The molecule has 0 aliphatic heterocycles. The molecule has 0 aliphatic rings. The molecule has 2 N–H and O–H groups in total. The van der Waals surface area contributed by atoms with Crippen molar-refractivity contribution in [2.24, 2.45) is 0 Å². The van der Waals surface area contributed by atoms with Crippen molar-refractivity contribution < 1.29 is 19.4 Å². The number of aromatic amines is 1. The van der Waals surface area contributed by atoms with Gasteiger partial charge < -0.3 is 9.84 Å². The molecule has 110 valence electrons. The van der Waals surface area contributed by atoms with Gasteiger partial charge >= 0.3 is 11.9 Å². The van der Waals surface area contributed by atoms with Crippen LogP contribution >= 0.6 is 0 Å². The lowest BCUT2D eigenvalue weighted by molar-refractivity contribution is -0.139. The Labute approximate surface area is 119 Å². The SMILES string of the molecule is COC(=O)Cc1c(C)[nH]n(-c2ccc(C(=O)O)cc2)c1=O. The molecule has 0 bridgehead atoms. The summed E-state index contributed by atoms with van der Waals surface area (Å²) in [5, 5.41) is 11.7. The quantitative estimate of drug-likeness (QED) is 0.814. The van der Waals surface area contributed by atoms with Gasteiger partial charge in [0.05, 0.1) is 30.3 Å². The van der Waals surface area contributed by atoms with E-state index in [1.165, 1.54) is 36.1 Å². The first-order valence-electron chi connectivity index (χ1n) is 6.15. The topological polar surface area (TPSA) is 101 Å². The highest BCUT2D eigenvalue weighted by atomic mass is 16.5. The van der Waals surface area contributed by atoms with Crippen molar-refractivity contribution >= 4 is 11.9 Å². The van der Waals surface area contributed by atoms with Crippen LogP contribution in [0.5, 0.6) is 0 Å². The highest BCUT2D eigenvalue weighted by molar-refractivity contribution is 5.87. The molecule has 0 amide bonds. The van der Waals surface area contributed by atoms with Crippen LogP contribution in [0.25, 0.3) is 5.69 Å². The third-order valence-corrected chi connectivity index (χ3v) is 3.11. The number of aromatic carboxylic acids is 1. The number of carboxylic acid groups (broad SMARTS) is 1. The number of aromatic nitrogens is 2. The maximum Gasteiger partial charge on any atom is 0.335 e. The molecule has 1 heterocycles. The van der Waals surface area contributed by atoms with Gasteiger partial charge in [-0.25, -0.2) is 9.48 Å². The number of H-pyrrole nitrogens is 1. The van der Waals surface area contributed by atoms with Crippen LogP contribution in [0.3, 0.4) is 0 Å². The van der Waals surface area contributed by atoms with Gasteiger partial charge in [0.1, 0.15) is 0 Å². The Bertz CT molecular complexity index is 740. The van der Waals surface area contributed by atoms with Gasteiger partial charge in [-0.15, -0.1) is 0 Å². The molecule has 2 rings (SSSR count). The summed E-state index contributed by atoms with van der Waals surface area (Å²) in [4.78, 5) is 34.4. The molecule has 0 radical (unpaired) electrons. The number of nitrogens with zero attached hydrogens (tertiary/aromatic N) is 1. The van der Waals surface area contributed by atoms with Crippen LogP contribution in [0.4, 0.5) is 0 Å². The summed E-state index contributed by atoms with van der Waals surface area (Å²) in [6, 6.07) is 5.84. The number of carbonyl (C=O) groups is 2. The van der Waals surface area contributed by atoms with Crippen molar-refractivity contribution in [3.8, 4) is 5.69 Å². The lowest BCUT2D eigenvalue weighted by Crippen LogP contribution is -2.20. The van der Waals surface area contributed by atoms with Crippen molar-refractivity contribution in [2.45, 2.75) is 13.3 Å². The van der Waals surface area contributed by atoms with Gasteiger partial charge in [0.2, 0.25) is 0 Å². The van der Waals surface area contributed by atoms with Gasteiger partial charge in [0, 0.05) is 5.69 Å². The standard InChI is InChI=1S/C14H14N2O5/c1-8-11(7-12(17)21-2)13(18)16(15-8)10-5-3-9(4-6-10)14(19)20/h3-6,15H,7H2,1-2H3,(H,19,20). The highest BCUT2D eigenvalue weighted by Crippen LogP contribution is 2.10. The molecule has 2 aromatic rings. The first kappa shape index (κ1) is 14.6. The summed E-state index contributed by atoms with van der Waals surface area (Å²) >= 11 is 0. The van der Waals surface area contributed by atoms with Crippen molar-refractivity contribution in [1.29, 1.82) is 0 Å². The van der Waals surface area contributed by atoms with E-state index in [0.29, 0.717) is 16.9 Å². The van der Waals surface area contributed by atoms with Gasteiger partial charge in [-0.1, -0.05) is 0 Å². The lowest BCUT2D eigenvalue weighted by Gasteiger charge is -2.02. The number of nitrogens with one attached hydrogen (secondary N) is 1. The second-order valence-electron chi connectivity index (χ2n) is 4.46. The number of benzene rings is 1. The zero-order valence-corrected chi connectivity index (χ0v) is 11.5. The molecule has 0 saturated carbocycles. The normalized spacial score (nSPS) is 10.4. The molecule has 0 saturated heterocycles. The Kier molecular flexibility index (Phi) is 3.93. The zero-order valence-electron chi connectivity index (χ0n) is 11.5. The zero-order chi connectivity index (χ0) is 15.6. The fourth-order valence-corrected chi connectivity index (χ4v) is 1.94. The second kappa shape index (κ2) is 5.66. The average Bonchev–Trinajstić information content (AvgIpc) is 2.75. The second-order valence-corrected chi connectivity index (χ2v) is 4.46. The third kappa shape index (κ3) is 2.86. The molecular weight excluding hydrogens is 276 g/mol. The lowest BCUT2D eigenvalue weighted by atomic mass is 10.2. The van der Waals surface area contributed by atoms with Crippen LogP contribution in [0.15, 0.2) is 29.1 Å². The van der Waals surface area contributed by atoms with Crippen LogP contribution in [0, 0.1) is 6.92 Å². The largest absolute Gasteiger partial charge is 0.478 e. The van der Waals surface area contributed by atoms with E-state index in [0.717, 1.165) is 0 Å². The summed E-state index contributed by atoms with van der Waals surface area (Å²) in [6.07, 6.45) is -0.113. The molecule has 0 atom stereocenters. The summed E-state index contributed by atoms with van der Waals surface area (Å²) in [5.41, 5.74) is 1.15. The minimum atomic E-state index is -1.04. The number of esters is 1. The molecule has 7 nitrogen and oxygen atoms in total. The number of rotatable bonds is 4. The molecule has 1 aromatic heterocycles. The summed E-state index contributed by atoms with van der Waals surface area (Å²) in [5.74, 6) is -1.54. The van der Waals surface area contributed by atoms with Crippen molar-refractivity contribution in [3.05, 3.63) is 51.4 Å². The Morgan fingerprint density at radius 1 is 1.29 bits per heavy atom. The molecule has 0 spiro atoms. The van der Waals surface area contributed by atoms with E-state index in [9.17, 15) is 14.4 Å². The number of hydrogen-bond donors (Lipinski definition) is 2. The van der Waals surface area contributed by atoms with E-state index in [2.05, 4.69) is 9.84 Å². The number of hydrogen-bond acceptors (Lipinski definition) is 4. The maximum absolute atomic E-state index is 12.3. The molecule has 0 unspecified atom stereocenters. The van der Waals surface area contributed by atoms with Crippen LogP contribution in [-0.2, 0) is 16.0 Å². The Morgan fingerprint density at radius 2 is 1.90 bits per heavy atom. The molecule has 1 aromatic carbocycles. The monoisotopic (exact) mass is 290 g/mol. The van der Waals surface area contributed by atoms with E-state index in [1.807, 2.05) is 0 Å². The molecular formula is C14H14N2O5. The Morgan fingerprint density at radius 3 is 2.43 bits per heavy atom. The first-order chi connectivity index (χ1) is 9.93. The summed E-state index contributed by atoms with van der Waals surface area (Å²) in [7, 11) is 1.26. The fraction of sp³-hybridized carbons (Fsp3) is 0.214. The minimum Gasteiger partial charge on any atom is -0.478 e. The van der Waals surface area contributed by atoms with E-state index in [4.69, 9.17) is 5.11 Å². The highest BCUT2D eigenvalue weighted by Gasteiger charge is 2.16. The van der Waals surface area contributed by atoms with E-state index in [1.54, 1.807) is 6.92 Å². The van der Waals surface area contributed by atoms with Crippen molar-refractivity contribution in [3.63, 3.8) is 0 Å². The van der Waals surface area contributed by atoms with Crippen LogP contribution in [0.2, 0.25) is 0 Å². The number of ether oxygens (including phenoxy) is 1. The van der Waals surface area contributed by atoms with E-state index in [-0.39, 0.29) is 17.5 Å². The van der Waals surface area contributed by atoms with Crippen molar-refractivity contribution in [2.75, 3.05) is 7.11 Å². The van der Waals surface area contributed by atoms with Crippen LogP contribution in [-0.4, -0.2) is 33.9 Å². The predicted molar refractivity (Wildman–Crippen MR) is 73.8 cm³/mol. The Balaban J connectivity index is 2.41. The summed E-state index contributed by atoms with van der Waals surface area (Å²) in [6.45, 7) is 1.68. The minimum absolute atomic E-state index is 0.113. The number of carbonyl (C=O) groups excluding carboxylic acids is 1.